The second-order valence-corrected chi connectivity index (χ2v) is 8.91. The molecule has 0 bridgehead atoms. The van der Waals surface area contributed by atoms with Gasteiger partial charge in [0, 0.05) is 36.9 Å². The van der Waals surface area contributed by atoms with Gasteiger partial charge in [0.05, 0.1) is 11.9 Å². The van der Waals surface area contributed by atoms with E-state index in [1.54, 1.807) is 27.5 Å². The molecule has 144 valence electrons. The van der Waals surface area contributed by atoms with Crippen LogP contribution in [0.4, 0.5) is 10.5 Å². The first kappa shape index (κ1) is 18.0. The highest BCUT2D eigenvalue weighted by molar-refractivity contribution is 7.89. The van der Waals surface area contributed by atoms with Crippen molar-refractivity contribution in [1.82, 2.24) is 14.2 Å². The highest BCUT2D eigenvalue weighted by atomic mass is 32.2. The molecule has 1 aromatic carbocycles. The molecule has 0 radical (unpaired) electrons. The van der Waals surface area contributed by atoms with Crippen LogP contribution in [0, 0.1) is 0 Å². The molecule has 2 amide bonds. The second kappa shape index (κ2) is 7.32. The Bertz CT molecular complexity index is 913. The number of urea groups is 1. The van der Waals surface area contributed by atoms with Crippen LogP contribution in [-0.2, 0) is 10.0 Å². The first-order valence-corrected chi connectivity index (χ1v) is 10.7. The molecule has 1 atom stereocenters. The lowest BCUT2D eigenvalue weighted by molar-refractivity contribution is 0.163. The molecule has 2 aromatic rings. The lowest BCUT2D eigenvalue weighted by atomic mass is 10.1. The number of sulfonamides is 1. The maximum absolute atomic E-state index is 12.7. The first-order chi connectivity index (χ1) is 13.0. The van der Waals surface area contributed by atoms with Crippen LogP contribution < -0.4 is 5.32 Å². The quantitative estimate of drug-likeness (QED) is 0.868. The molecular weight excluding hydrogens is 368 g/mol. The van der Waals surface area contributed by atoms with Crippen LogP contribution in [0.3, 0.4) is 0 Å². The smallest absolute Gasteiger partial charge is 0.321 e. The Kier molecular flexibility index (Phi) is 4.88. The third-order valence-electron chi connectivity index (χ3n) is 5.02. The fraction of sp³-hybridized carbons (Fsp3) is 0.444. The van der Waals surface area contributed by atoms with Gasteiger partial charge >= 0.3 is 6.03 Å². The Labute approximate surface area is 158 Å². The van der Waals surface area contributed by atoms with E-state index in [0.717, 1.165) is 18.4 Å². The highest BCUT2D eigenvalue weighted by Gasteiger charge is 2.37. The average Bonchev–Trinajstić information content (AvgIpc) is 3.31. The van der Waals surface area contributed by atoms with Gasteiger partial charge in [-0.25, -0.2) is 18.2 Å². The zero-order valence-corrected chi connectivity index (χ0v) is 15.7. The standard InChI is InChI=1S/C18H22N4O4S/c23-18(20-15-5-1-4-14(12-15)17-19-7-10-26-17)21-8-2-6-16(13-21)22-9-3-11-27(22,24)25/h1,4-5,7,10,12,16H,2-3,6,8-9,11,13H2,(H,20,23). The van der Waals surface area contributed by atoms with E-state index in [2.05, 4.69) is 10.3 Å². The molecule has 1 aromatic heterocycles. The molecule has 8 nitrogen and oxygen atoms in total. The average molecular weight is 390 g/mol. The molecule has 0 spiro atoms. The number of piperidine rings is 1. The largest absolute Gasteiger partial charge is 0.445 e. The molecule has 1 unspecified atom stereocenters. The molecule has 2 aliphatic heterocycles. The lowest BCUT2D eigenvalue weighted by Crippen LogP contribution is -2.51. The Morgan fingerprint density at radius 3 is 2.89 bits per heavy atom. The van der Waals surface area contributed by atoms with E-state index in [-0.39, 0.29) is 17.8 Å². The summed E-state index contributed by atoms with van der Waals surface area (Å²) < 4.78 is 31.2. The molecule has 4 rings (SSSR count). The fourth-order valence-corrected chi connectivity index (χ4v) is 5.50. The van der Waals surface area contributed by atoms with Gasteiger partial charge in [0.1, 0.15) is 6.26 Å². The van der Waals surface area contributed by atoms with E-state index in [1.807, 2.05) is 12.1 Å². The Morgan fingerprint density at radius 1 is 1.26 bits per heavy atom. The third kappa shape index (κ3) is 3.84. The summed E-state index contributed by atoms with van der Waals surface area (Å²) in [5.74, 6) is 0.701. The zero-order chi connectivity index (χ0) is 18.9. The molecule has 9 heteroatoms. The summed E-state index contributed by atoms with van der Waals surface area (Å²) in [6, 6.07) is 6.94. The summed E-state index contributed by atoms with van der Waals surface area (Å²) in [7, 11) is -3.17. The number of benzene rings is 1. The van der Waals surface area contributed by atoms with E-state index in [1.165, 1.54) is 6.26 Å². The number of carbonyl (C=O) groups excluding carboxylic acids is 1. The predicted molar refractivity (Wildman–Crippen MR) is 101 cm³/mol. The van der Waals surface area contributed by atoms with Gasteiger partial charge in [-0.15, -0.1) is 0 Å². The Hall–Kier alpha value is -2.39. The molecule has 0 saturated carbocycles. The van der Waals surface area contributed by atoms with Gasteiger partial charge in [-0.3, -0.25) is 0 Å². The van der Waals surface area contributed by atoms with Gasteiger partial charge in [-0.2, -0.15) is 4.31 Å². The van der Waals surface area contributed by atoms with Crippen LogP contribution in [0.2, 0.25) is 0 Å². The number of rotatable bonds is 3. The van der Waals surface area contributed by atoms with Crippen molar-refractivity contribution in [3.8, 4) is 11.5 Å². The molecule has 1 N–H and O–H groups in total. The molecule has 0 aliphatic carbocycles. The van der Waals surface area contributed by atoms with Crippen LogP contribution >= 0.6 is 0 Å². The number of nitrogens with one attached hydrogen (secondary N) is 1. The van der Waals surface area contributed by atoms with Crippen molar-refractivity contribution in [2.75, 3.05) is 30.7 Å². The molecular formula is C18H22N4O4S. The number of aromatic nitrogens is 1. The van der Waals surface area contributed by atoms with E-state index in [9.17, 15) is 13.2 Å². The molecule has 2 fully saturated rings. The molecule has 2 saturated heterocycles. The number of likely N-dealkylation sites (tertiary alicyclic amines) is 1. The predicted octanol–water partition coefficient (Wildman–Crippen LogP) is 2.37. The maximum atomic E-state index is 12.7. The van der Waals surface area contributed by atoms with Crippen LogP contribution in [-0.4, -0.2) is 60.1 Å². The van der Waals surface area contributed by atoms with Crippen LogP contribution in [0.5, 0.6) is 0 Å². The minimum absolute atomic E-state index is 0.129. The Balaban J connectivity index is 1.43. The number of hydrogen-bond acceptors (Lipinski definition) is 5. The summed E-state index contributed by atoms with van der Waals surface area (Å²) in [6.45, 7) is 1.60. The minimum Gasteiger partial charge on any atom is -0.445 e. The van der Waals surface area contributed by atoms with Crippen LogP contribution in [0.1, 0.15) is 19.3 Å². The first-order valence-electron chi connectivity index (χ1n) is 9.08. The number of oxazole rings is 1. The number of nitrogens with zero attached hydrogens (tertiary/aromatic N) is 3. The van der Waals surface area contributed by atoms with E-state index < -0.39 is 10.0 Å². The van der Waals surface area contributed by atoms with Gasteiger partial charge < -0.3 is 14.6 Å². The van der Waals surface area contributed by atoms with Crippen molar-refractivity contribution in [2.45, 2.75) is 25.3 Å². The molecule has 2 aliphatic rings. The van der Waals surface area contributed by atoms with Crippen molar-refractivity contribution in [3.05, 3.63) is 36.7 Å². The summed E-state index contributed by atoms with van der Waals surface area (Å²) in [6.07, 6.45) is 5.32. The summed E-state index contributed by atoms with van der Waals surface area (Å²) in [5.41, 5.74) is 1.42. The third-order valence-corrected chi connectivity index (χ3v) is 7.02. The normalized spacial score (nSPS) is 22.7. The molecule has 3 heterocycles. The van der Waals surface area contributed by atoms with Crippen molar-refractivity contribution < 1.29 is 17.6 Å². The topological polar surface area (TPSA) is 95.8 Å². The van der Waals surface area contributed by atoms with Gasteiger partial charge in [0.2, 0.25) is 15.9 Å². The number of carbonyl (C=O) groups is 1. The van der Waals surface area contributed by atoms with Crippen molar-refractivity contribution >= 4 is 21.7 Å². The SMILES string of the molecule is O=C(Nc1cccc(-c2ncco2)c1)N1CCCC(N2CCCS2(=O)=O)C1. The van der Waals surface area contributed by atoms with E-state index in [0.29, 0.717) is 37.6 Å². The summed E-state index contributed by atoms with van der Waals surface area (Å²) >= 11 is 0. The van der Waals surface area contributed by atoms with Crippen LogP contribution in [0.25, 0.3) is 11.5 Å². The monoisotopic (exact) mass is 390 g/mol. The zero-order valence-electron chi connectivity index (χ0n) is 14.9. The van der Waals surface area contributed by atoms with E-state index >= 15 is 0 Å². The maximum Gasteiger partial charge on any atom is 0.321 e. The van der Waals surface area contributed by atoms with Gasteiger partial charge in [-0.1, -0.05) is 6.07 Å². The second-order valence-electron chi connectivity index (χ2n) is 6.87. The number of amides is 2. The molecule has 27 heavy (non-hydrogen) atoms. The van der Waals surface area contributed by atoms with Crippen molar-refractivity contribution in [1.29, 1.82) is 0 Å². The minimum atomic E-state index is -3.17. The number of hydrogen-bond donors (Lipinski definition) is 1. The Morgan fingerprint density at radius 2 is 2.15 bits per heavy atom. The van der Waals surface area contributed by atoms with E-state index in [4.69, 9.17) is 4.42 Å². The van der Waals surface area contributed by atoms with Gasteiger partial charge in [-0.05, 0) is 37.5 Å². The van der Waals surface area contributed by atoms with Gasteiger partial charge in [0.25, 0.3) is 0 Å². The summed E-state index contributed by atoms with van der Waals surface area (Å²) in [5, 5.41) is 2.90. The lowest BCUT2D eigenvalue weighted by Gasteiger charge is -2.36. The fourth-order valence-electron chi connectivity index (χ4n) is 3.74. The summed E-state index contributed by atoms with van der Waals surface area (Å²) in [4.78, 5) is 18.5. The highest BCUT2D eigenvalue weighted by Crippen LogP contribution is 2.25. The number of anilines is 1. The van der Waals surface area contributed by atoms with Crippen LogP contribution in [0.15, 0.2) is 41.1 Å². The van der Waals surface area contributed by atoms with Crippen molar-refractivity contribution in [2.24, 2.45) is 0 Å². The van der Waals surface area contributed by atoms with Crippen molar-refractivity contribution in [3.63, 3.8) is 0 Å². The van der Waals surface area contributed by atoms with Gasteiger partial charge in [0.15, 0.2) is 0 Å².